The first-order chi connectivity index (χ1) is 8.90. The Labute approximate surface area is 109 Å². The minimum Gasteiger partial charge on any atom is -0.0985 e. The second kappa shape index (κ2) is 6.61. The molecule has 0 unspecified atom stereocenters. The highest BCUT2D eigenvalue weighted by Crippen LogP contribution is 2.16. The van der Waals surface area contributed by atoms with Gasteiger partial charge in [-0.25, -0.2) is 0 Å². The van der Waals surface area contributed by atoms with Gasteiger partial charge in [0.1, 0.15) is 0 Å². The van der Waals surface area contributed by atoms with Gasteiger partial charge in [0.15, 0.2) is 0 Å². The summed E-state index contributed by atoms with van der Waals surface area (Å²) in [6, 6.07) is 21.0. The average molecular weight is 234 g/mol. The first kappa shape index (κ1) is 12.4. The molecule has 2 aromatic rings. The number of allylic oxidation sites excluding steroid dienone is 3. The molecule has 0 nitrogen and oxygen atoms in total. The van der Waals surface area contributed by atoms with E-state index < -0.39 is 0 Å². The molecule has 0 radical (unpaired) electrons. The molecule has 0 fully saturated rings. The minimum atomic E-state index is 1.04. The van der Waals surface area contributed by atoms with Gasteiger partial charge in [-0.15, -0.1) is 0 Å². The molecule has 18 heavy (non-hydrogen) atoms. The van der Waals surface area contributed by atoms with E-state index in [9.17, 15) is 0 Å². The molecule has 0 bridgehead atoms. The van der Waals surface area contributed by atoms with E-state index in [1.54, 1.807) is 0 Å². The van der Waals surface area contributed by atoms with E-state index in [1.807, 2.05) is 12.1 Å². The SMILES string of the molecule is C=CC(=CCCc1ccccc1)c1ccccc1. The lowest BCUT2D eigenvalue weighted by molar-refractivity contribution is 1.00. The van der Waals surface area contributed by atoms with Crippen molar-refractivity contribution in [2.75, 3.05) is 0 Å². The largest absolute Gasteiger partial charge is 0.0985 e. The lowest BCUT2D eigenvalue weighted by Gasteiger charge is -2.03. The lowest BCUT2D eigenvalue weighted by atomic mass is 10.0. The van der Waals surface area contributed by atoms with E-state index in [0.29, 0.717) is 0 Å². The topological polar surface area (TPSA) is 0 Å². The molecular weight excluding hydrogens is 216 g/mol. The highest BCUT2D eigenvalue weighted by atomic mass is 14.0. The van der Waals surface area contributed by atoms with Crippen LogP contribution in [0.4, 0.5) is 0 Å². The van der Waals surface area contributed by atoms with Crippen LogP contribution >= 0.6 is 0 Å². The Kier molecular flexibility index (Phi) is 4.54. The van der Waals surface area contributed by atoms with Crippen molar-refractivity contribution in [3.8, 4) is 0 Å². The maximum absolute atomic E-state index is 3.89. The van der Waals surface area contributed by atoms with Gasteiger partial charge in [-0.2, -0.15) is 0 Å². The molecule has 0 aliphatic heterocycles. The number of benzene rings is 2. The van der Waals surface area contributed by atoms with Crippen molar-refractivity contribution in [1.29, 1.82) is 0 Å². The van der Waals surface area contributed by atoms with E-state index in [1.165, 1.54) is 16.7 Å². The Bertz CT molecular complexity index is 506. The van der Waals surface area contributed by atoms with E-state index in [2.05, 4.69) is 67.3 Å². The molecule has 0 N–H and O–H groups in total. The molecule has 90 valence electrons. The zero-order valence-corrected chi connectivity index (χ0v) is 10.5. The zero-order chi connectivity index (χ0) is 12.6. The molecule has 0 atom stereocenters. The van der Waals surface area contributed by atoms with Crippen LogP contribution in [0.25, 0.3) is 5.57 Å². The number of rotatable bonds is 5. The van der Waals surface area contributed by atoms with Crippen molar-refractivity contribution in [1.82, 2.24) is 0 Å². The van der Waals surface area contributed by atoms with Crippen molar-refractivity contribution < 1.29 is 0 Å². The maximum atomic E-state index is 3.89. The Hall–Kier alpha value is -2.08. The minimum absolute atomic E-state index is 1.04. The van der Waals surface area contributed by atoms with Gasteiger partial charge in [0, 0.05) is 0 Å². The standard InChI is InChI=1S/C18H18/c1-2-17(18-13-7-4-8-14-18)15-9-12-16-10-5-3-6-11-16/h2-8,10-11,13-15H,1,9,12H2. The molecule has 0 saturated heterocycles. The van der Waals surface area contributed by atoms with Crippen LogP contribution in [-0.4, -0.2) is 0 Å². The van der Waals surface area contributed by atoms with Crippen LogP contribution in [0, 0.1) is 0 Å². The molecular formula is C18H18. The van der Waals surface area contributed by atoms with Crippen molar-refractivity contribution in [2.24, 2.45) is 0 Å². The van der Waals surface area contributed by atoms with Crippen molar-refractivity contribution in [2.45, 2.75) is 12.8 Å². The summed E-state index contributed by atoms with van der Waals surface area (Å²) in [5, 5.41) is 0. The predicted octanol–water partition coefficient (Wildman–Crippen LogP) is 4.89. The summed E-state index contributed by atoms with van der Waals surface area (Å²) in [5.74, 6) is 0. The number of hydrogen-bond donors (Lipinski definition) is 0. The smallest absolute Gasteiger partial charge is 0.0187 e. The van der Waals surface area contributed by atoms with Gasteiger partial charge in [0.25, 0.3) is 0 Å². The van der Waals surface area contributed by atoms with Crippen LogP contribution in [0.3, 0.4) is 0 Å². The molecule has 2 rings (SSSR count). The van der Waals surface area contributed by atoms with Gasteiger partial charge < -0.3 is 0 Å². The van der Waals surface area contributed by atoms with E-state index in [-0.39, 0.29) is 0 Å². The van der Waals surface area contributed by atoms with Crippen LogP contribution in [0.5, 0.6) is 0 Å². The summed E-state index contributed by atoms with van der Waals surface area (Å²) >= 11 is 0. The van der Waals surface area contributed by atoms with Gasteiger partial charge in [0.2, 0.25) is 0 Å². The van der Waals surface area contributed by atoms with Crippen molar-refractivity contribution in [3.05, 3.63) is 90.5 Å². The third-order valence-electron chi connectivity index (χ3n) is 2.97. The number of hydrogen-bond acceptors (Lipinski definition) is 0. The Balaban J connectivity index is 2.01. The molecule has 0 aliphatic carbocycles. The van der Waals surface area contributed by atoms with Crippen LogP contribution < -0.4 is 0 Å². The summed E-state index contributed by atoms with van der Waals surface area (Å²) < 4.78 is 0. The van der Waals surface area contributed by atoms with Crippen molar-refractivity contribution >= 4 is 5.57 Å². The molecule has 0 saturated carbocycles. The zero-order valence-electron chi connectivity index (χ0n) is 10.5. The third-order valence-corrected chi connectivity index (χ3v) is 2.97. The quantitative estimate of drug-likeness (QED) is 0.646. The Morgan fingerprint density at radius 3 is 2.11 bits per heavy atom. The lowest BCUT2D eigenvalue weighted by Crippen LogP contribution is -1.84. The fraction of sp³-hybridized carbons (Fsp3) is 0.111. The average Bonchev–Trinajstić information content (AvgIpc) is 2.46. The molecule has 0 heterocycles. The van der Waals surface area contributed by atoms with E-state index in [4.69, 9.17) is 0 Å². The van der Waals surface area contributed by atoms with Crippen LogP contribution in [0.1, 0.15) is 17.5 Å². The third kappa shape index (κ3) is 3.46. The van der Waals surface area contributed by atoms with Gasteiger partial charge in [-0.3, -0.25) is 0 Å². The molecule has 0 spiro atoms. The Morgan fingerprint density at radius 1 is 0.889 bits per heavy atom. The summed E-state index contributed by atoms with van der Waals surface area (Å²) in [5.41, 5.74) is 3.83. The fourth-order valence-electron chi connectivity index (χ4n) is 1.99. The van der Waals surface area contributed by atoms with Gasteiger partial charge in [-0.05, 0) is 29.5 Å². The molecule has 0 aliphatic rings. The highest BCUT2D eigenvalue weighted by molar-refractivity contribution is 5.73. The van der Waals surface area contributed by atoms with Crippen LogP contribution in [-0.2, 0) is 6.42 Å². The van der Waals surface area contributed by atoms with Gasteiger partial charge in [0.05, 0.1) is 0 Å². The normalized spacial score (nSPS) is 11.2. The first-order valence-corrected chi connectivity index (χ1v) is 6.32. The summed E-state index contributed by atoms with van der Waals surface area (Å²) in [6.07, 6.45) is 6.31. The summed E-state index contributed by atoms with van der Waals surface area (Å²) in [6.45, 7) is 3.89. The Morgan fingerprint density at radius 2 is 1.50 bits per heavy atom. The molecule has 0 amide bonds. The second-order valence-electron chi connectivity index (χ2n) is 4.25. The predicted molar refractivity (Wildman–Crippen MR) is 79.4 cm³/mol. The van der Waals surface area contributed by atoms with Gasteiger partial charge in [-0.1, -0.05) is 79.4 Å². The first-order valence-electron chi connectivity index (χ1n) is 6.32. The van der Waals surface area contributed by atoms with Crippen LogP contribution in [0.2, 0.25) is 0 Å². The van der Waals surface area contributed by atoms with E-state index >= 15 is 0 Å². The second-order valence-corrected chi connectivity index (χ2v) is 4.25. The molecule has 0 aromatic heterocycles. The molecule has 2 aromatic carbocycles. The fourth-order valence-corrected chi connectivity index (χ4v) is 1.99. The number of aryl methyl sites for hydroxylation is 1. The summed E-state index contributed by atoms with van der Waals surface area (Å²) in [4.78, 5) is 0. The van der Waals surface area contributed by atoms with Crippen molar-refractivity contribution in [3.63, 3.8) is 0 Å². The van der Waals surface area contributed by atoms with E-state index in [0.717, 1.165) is 12.8 Å². The van der Waals surface area contributed by atoms with Crippen LogP contribution in [0.15, 0.2) is 79.4 Å². The summed E-state index contributed by atoms with van der Waals surface area (Å²) in [7, 11) is 0. The van der Waals surface area contributed by atoms with Gasteiger partial charge >= 0.3 is 0 Å². The highest BCUT2D eigenvalue weighted by Gasteiger charge is 1.96. The maximum Gasteiger partial charge on any atom is -0.0187 e. The monoisotopic (exact) mass is 234 g/mol. The molecule has 0 heteroatoms.